The lowest BCUT2D eigenvalue weighted by molar-refractivity contribution is -0.214. The lowest BCUT2D eigenvalue weighted by Crippen LogP contribution is -2.70. The van der Waals surface area contributed by atoms with Crippen molar-refractivity contribution in [1.29, 1.82) is 0 Å². The summed E-state index contributed by atoms with van der Waals surface area (Å²) in [7, 11) is 1.59. The average molecular weight is 1050 g/mol. The van der Waals surface area contributed by atoms with E-state index in [0.717, 1.165) is 59.9 Å². The van der Waals surface area contributed by atoms with Crippen LogP contribution in [-0.4, -0.2) is 112 Å². The number of aliphatic hydroxyl groups excluding tert-OH is 1. The van der Waals surface area contributed by atoms with Gasteiger partial charge in [-0.15, -0.1) is 0 Å². The third kappa shape index (κ3) is 9.96. The predicted octanol–water partition coefficient (Wildman–Crippen LogP) is 8.62. The molecule has 408 valence electrons. The van der Waals surface area contributed by atoms with Gasteiger partial charge in [-0.3, -0.25) is 24.0 Å². The SMILES string of the molecule is CN(C(=O)[C@@]12C[C@H]3OC(=O)[C@@H]1N(Cc1ccccc1C=C1CCC4O[C@]4(C)CC[C@@H]4[C@@H]1CC4(C)C)O[C@@H]2[C@H]1OC(c2ccccc2)(c2ccccc2)O[C@H]13)[C@H](Cc1ccccc1)C(=O)N[C@H](CO)CCC(=O)OC(C)(C)C. The van der Waals surface area contributed by atoms with Crippen LogP contribution in [-0.2, 0) is 66.5 Å². The van der Waals surface area contributed by atoms with E-state index < -0.39 is 89.7 Å². The molecule has 2 bridgehead atoms. The largest absolute Gasteiger partial charge is 0.460 e. The molecule has 4 aliphatic heterocycles. The average Bonchev–Trinajstić information content (AvgIpc) is 3.96. The van der Waals surface area contributed by atoms with Gasteiger partial charge in [0.25, 0.3) is 0 Å². The number of hydrogen-bond acceptors (Lipinski definition) is 12. The number of ether oxygens (including phenoxy) is 5. The Kier molecular flexibility index (Phi) is 14.2. The van der Waals surface area contributed by atoms with Crippen molar-refractivity contribution in [2.45, 2.75) is 172 Å². The summed E-state index contributed by atoms with van der Waals surface area (Å²) in [6.07, 6.45) is 4.19. The highest BCUT2D eigenvalue weighted by Gasteiger charge is 2.77. The van der Waals surface area contributed by atoms with Crippen molar-refractivity contribution in [3.8, 4) is 0 Å². The van der Waals surface area contributed by atoms with Gasteiger partial charge in [0.1, 0.15) is 41.5 Å². The Bertz CT molecular complexity index is 2830. The number of benzene rings is 4. The monoisotopic (exact) mass is 1050 g/mol. The van der Waals surface area contributed by atoms with E-state index in [4.69, 9.17) is 28.5 Å². The summed E-state index contributed by atoms with van der Waals surface area (Å²) < 4.78 is 32.8. The van der Waals surface area contributed by atoms with E-state index in [9.17, 15) is 14.7 Å². The lowest BCUT2D eigenvalue weighted by atomic mass is 9.52. The van der Waals surface area contributed by atoms with Crippen molar-refractivity contribution in [1.82, 2.24) is 15.3 Å². The normalized spacial score (nSPS) is 31.8. The molecule has 0 spiro atoms. The van der Waals surface area contributed by atoms with Crippen LogP contribution in [0.1, 0.15) is 121 Å². The van der Waals surface area contributed by atoms with Crippen LogP contribution < -0.4 is 5.32 Å². The number of nitrogens with one attached hydrogen (secondary N) is 1. The highest BCUT2D eigenvalue weighted by molar-refractivity contribution is 5.96. The van der Waals surface area contributed by atoms with E-state index in [1.807, 2.05) is 103 Å². The predicted molar refractivity (Wildman–Crippen MR) is 287 cm³/mol. The second-order valence-corrected chi connectivity index (χ2v) is 24.7. The molecule has 11 rings (SSSR count). The lowest BCUT2D eigenvalue weighted by Gasteiger charge is -2.53. The maximum absolute atomic E-state index is 16.4. The first-order valence-corrected chi connectivity index (χ1v) is 27.8. The van der Waals surface area contributed by atoms with Crippen LogP contribution in [0, 0.1) is 22.7 Å². The van der Waals surface area contributed by atoms with Gasteiger partial charge in [0, 0.05) is 37.4 Å². The number of esters is 2. The van der Waals surface area contributed by atoms with Crippen LogP contribution in [0.3, 0.4) is 0 Å². The van der Waals surface area contributed by atoms with Gasteiger partial charge < -0.3 is 39.0 Å². The molecule has 14 nitrogen and oxygen atoms in total. The first-order valence-electron chi connectivity index (χ1n) is 27.8. The van der Waals surface area contributed by atoms with E-state index in [2.05, 4.69) is 44.3 Å². The topological polar surface area (TPSA) is 166 Å². The summed E-state index contributed by atoms with van der Waals surface area (Å²) in [5.74, 6) is -2.59. The smallest absolute Gasteiger partial charge is 0.327 e. The van der Waals surface area contributed by atoms with Crippen molar-refractivity contribution in [2.75, 3.05) is 13.7 Å². The maximum Gasteiger partial charge on any atom is 0.327 e. The van der Waals surface area contributed by atoms with Crippen LogP contribution in [0.25, 0.3) is 6.08 Å². The zero-order valence-electron chi connectivity index (χ0n) is 45.5. The third-order valence-corrected chi connectivity index (χ3v) is 18.0. The fourth-order valence-electron chi connectivity index (χ4n) is 14.0. The first kappa shape index (κ1) is 53.3. The minimum atomic E-state index is -1.64. The van der Waals surface area contributed by atoms with E-state index in [0.29, 0.717) is 11.8 Å². The zero-order chi connectivity index (χ0) is 54.1. The number of epoxide rings is 1. The molecule has 0 radical (unpaired) electrons. The second-order valence-electron chi connectivity index (χ2n) is 24.7. The fraction of sp³-hybridized carbons (Fsp3) is 0.524. The molecule has 77 heavy (non-hydrogen) atoms. The van der Waals surface area contributed by atoms with Gasteiger partial charge in [0.15, 0.2) is 6.04 Å². The van der Waals surface area contributed by atoms with Crippen LogP contribution in [0.2, 0.25) is 0 Å². The van der Waals surface area contributed by atoms with Crippen molar-refractivity contribution in [2.24, 2.45) is 22.7 Å². The molecule has 4 aromatic rings. The number of hydrogen-bond donors (Lipinski definition) is 2. The van der Waals surface area contributed by atoms with Crippen LogP contribution in [0.4, 0.5) is 0 Å². The number of amides is 2. The summed E-state index contributed by atoms with van der Waals surface area (Å²) in [5, 5.41) is 15.2. The number of carbonyl (C=O) groups is 4. The molecular weight excluding hydrogens is 975 g/mol. The zero-order valence-corrected chi connectivity index (χ0v) is 45.5. The molecule has 7 aliphatic rings. The van der Waals surface area contributed by atoms with Crippen LogP contribution in [0.5, 0.6) is 0 Å². The van der Waals surface area contributed by atoms with E-state index >= 15 is 9.59 Å². The van der Waals surface area contributed by atoms with E-state index in [-0.39, 0.29) is 49.3 Å². The van der Waals surface area contributed by atoms with Crippen molar-refractivity contribution in [3.05, 3.63) is 149 Å². The second kappa shape index (κ2) is 20.5. The Hall–Kier alpha value is -5.74. The van der Waals surface area contributed by atoms with Gasteiger partial charge in [-0.2, -0.15) is 5.06 Å². The molecule has 4 heterocycles. The quantitative estimate of drug-likeness (QED) is 0.0862. The summed E-state index contributed by atoms with van der Waals surface area (Å²) >= 11 is 0. The molecular formula is C63H75N3O11. The number of fused-ring (bicyclic) bond motifs is 6. The first-order chi connectivity index (χ1) is 36.8. The van der Waals surface area contributed by atoms with E-state index in [1.165, 1.54) is 10.5 Å². The third-order valence-electron chi connectivity index (χ3n) is 18.0. The number of rotatable bonds is 15. The number of hydroxylamine groups is 2. The molecule has 4 saturated heterocycles. The molecule has 2 amide bonds. The number of aliphatic hydroxyl groups is 1. The van der Waals surface area contributed by atoms with Gasteiger partial charge in [-0.05, 0) is 100 Å². The Morgan fingerprint density at radius 2 is 1.51 bits per heavy atom. The number of carbonyl (C=O) groups excluding carboxylic acids is 4. The maximum atomic E-state index is 16.4. The van der Waals surface area contributed by atoms with Gasteiger partial charge in [-0.1, -0.05) is 141 Å². The van der Waals surface area contributed by atoms with E-state index in [1.54, 1.807) is 32.9 Å². The van der Waals surface area contributed by atoms with Crippen molar-refractivity contribution >= 4 is 29.8 Å². The minimum Gasteiger partial charge on any atom is -0.460 e. The summed E-state index contributed by atoms with van der Waals surface area (Å²) in [4.78, 5) is 67.9. The molecule has 1 unspecified atom stereocenters. The summed E-state index contributed by atoms with van der Waals surface area (Å²) in [5.41, 5.74) is 3.40. The number of allylic oxidation sites excluding steroid dienone is 1. The molecule has 4 aromatic carbocycles. The molecule has 0 aromatic heterocycles. The minimum absolute atomic E-state index is 0.0273. The highest BCUT2D eigenvalue weighted by atomic mass is 16.8. The molecule has 7 fully saturated rings. The Morgan fingerprint density at radius 3 is 2.17 bits per heavy atom. The van der Waals surface area contributed by atoms with Crippen molar-refractivity contribution in [3.63, 3.8) is 0 Å². The molecule has 3 aliphatic carbocycles. The molecule has 3 saturated carbocycles. The molecule has 14 heteroatoms. The fourth-order valence-corrected chi connectivity index (χ4v) is 14.0. The van der Waals surface area contributed by atoms with Crippen LogP contribution in [0.15, 0.2) is 121 Å². The van der Waals surface area contributed by atoms with Gasteiger partial charge in [0.05, 0.1) is 30.9 Å². The molecule has 2 N–H and O–H groups in total. The number of likely N-dealkylation sites (N-methyl/N-ethyl adjacent to an activating group) is 1. The summed E-state index contributed by atoms with van der Waals surface area (Å²) in [6, 6.07) is 33.7. The van der Waals surface area contributed by atoms with Gasteiger partial charge in [-0.25, -0.2) is 0 Å². The number of nitrogens with zero attached hydrogens (tertiary/aromatic N) is 2. The molecule has 12 atom stereocenters. The Morgan fingerprint density at radius 1 is 0.857 bits per heavy atom. The summed E-state index contributed by atoms with van der Waals surface area (Å²) in [6.45, 7) is 12.1. The van der Waals surface area contributed by atoms with Gasteiger partial charge in [0.2, 0.25) is 17.6 Å². The Balaban J connectivity index is 0.969. The van der Waals surface area contributed by atoms with Gasteiger partial charge >= 0.3 is 11.9 Å². The standard InChI is InChI=1S/C63H75N3O11/c1-59(2,3)74-51(68)30-28-45(38-67)64-56(69)48(33-39-19-11-8-12-20-39)65(7)58(71)62-36-49-52-53(76-63(75-52,43-23-13-9-14-24-43)44-25-15-10-16-26-44)55(62)77-66(54(62)57(70)72-49)37-42-22-18-17-21-40(42)34-41-27-29-50-61(6,73-50)32-31-47-46(41)35-60(47,4)5/h8-26,34,45-50,52-55,67H,27-33,35-38H2,1-7H3,(H,64,69)/t45-,46+,47+,48+,49+,50?,52-,53-,54-,55+,61+,62-/m0/s1. The van der Waals surface area contributed by atoms with Crippen LogP contribution >= 0.6 is 0 Å². The Labute approximate surface area is 452 Å². The highest BCUT2D eigenvalue weighted by Crippen LogP contribution is 2.62. The van der Waals surface area contributed by atoms with Crippen molar-refractivity contribution < 1.29 is 52.8 Å².